The first-order chi connectivity index (χ1) is 10.2. The summed E-state index contributed by atoms with van der Waals surface area (Å²) >= 11 is 1.61. The predicted molar refractivity (Wildman–Crippen MR) is 87.0 cm³/mol. The zero-order valence-electron chi connectivity index (χ0n) is 12.6. The van der Waals surface area contributed by atoms with E-state index in [1.807, 2.05) is 24.3 Å². The first-order valence-electron chi connectivity index (χ1n) is 7.65. The Morgan fingerprint density at radius 2 is 1.95 bits per heavy atom. The molecule has 0 spiro atoms. The van der Waals surface area contributed by atoms with Gasteiger partial charge in [0.2, 0.25) is 5.91 Å². The minimum Gasteiger partial charge on any atom is -0.302 e. The topological polar surface area (TPSA) is 38.1 Å². The highest BCUT2D eigenvalue weighted by molar-refractivity contribution is 8.01. The average molecular weight is 303 g/mol. The Bertz CT molecular complexity index is 646. The van der Waals surface area contributed by atoms with E-state index in [0.717, 1.165) is 48.7 Å². The van der Waals surface area contributed by atoms with Gasteiger partial charge in [-0.05, 0) is 38.1 Å². The normalized spacial score (nSPS) is 17.9. The Balaban J connectivity index is 1.80. The summed E-state index contributed by atoms with van der Waals surface area (Å²) in [4.78, 5) is 19.7. The second kappa shape index (κ2) is 6.20. The smallest absolute Gasteiger partial charge is 0.248 e. The Hall–Kier alpha value is -1.33. The van der Waals surface area contributed by atoms with Crippen molar-refractivity contribution in [2.45, 2.75) is 37.1 Å². The third kappa shape index (κ3) is 2.72. The molecule has 5 heteroatoms. The molecule has 1 aromatic carbocycles. The van der Waals surface area contributed by atoms with E-state index in [2.05, 4.69) is 23.7 Å². The fourth-order valence-electron chi connectivity index (χ4n) is 2.89. The molecule has 0 N–H and O–H groups in total. The number of para-hydroxylation sites is 2. The molecule has 2 heterocycles. The van der Waals surface area contributed by atoms with Gasteiger partial charge >= 0.3 is 0 Å². The van der Waals surface area contributed by atoms with Gasteiger partial charge in [-0.1, -0.05) is 37.7 Å². The molecule has 1 aliphatic rings. The zero-order chi connectivity index (χ0) is 14.8. The first kappa shape index (κ1) is 14.6. The van der Waals surface area contributed by atoms with Gasteiger partial charge in [0, 0.05) is 6.54 Å². The van der Waals surface area contributed by atoms with Crippen molar-refractivity contribution in [3.8, 4) is 0 Å². The Morgan fingerprint density at radius 3 is 2.67 bits per heavy atom. The van der Waals surface area contributed by atoms with Gasteiger partial charge in [-0.25, -0.2) is 4.98 Å². The summed E-state index contributed by atoms with van der Waals surface area (Å²) in [5.41, 5.74) is 1.84. The van der Waals surface area contributed by atoms with E-state index < -0.39 is 0 Å². The largest absolute Gasteiger partial charge is 0.302 e. The number of imidazole rings is 1. The molecule has 3 rings (SSSR count). The summed E-state index contributed by atoms with van der Waals surface area (Å²) in [6.45, 7) is 7.31. The van der Waals surface area contributed by atoms with Crippen molar-refractivity contribution in [3.63, 3.8) is 0 Å². The molecular weight excluding hydrogens is 282 g/mol. The van der Waals surface area contributed by atoms with Crippen molar-refractivity contribution in [2.75, 3.05) is 19.6 Å². The molecule has 0 radical (unpaired) electrons. The summed E-state index contributed by atoms with van der Waals surface area (Å²) in [7, 11) is 0. The van der Waals surface area contributed by atoms with Crippen LogP contribution in [0.2, 0.25) is 0 Å². The number of carbonyl (C=O) groups excluding carboxylic acids is 1. The molecule has 0 bridgehead atoms. The van der Waals surface area contributed by atoms with Crippen molar-refractivity contribution in [2.24, 2.45) is 0 Å². The van der Waals surface area contributed by atoms with Gasteiger partial charge in [0.15, 0.2) is 5.16 Å². The van der Waals surface area contributed by atoms with Crippen molar-refractivity contribution in [1.29, 1.82) is 0 Å². The molecule has 1 aromatic heterocycles. The van der Waals surface area contributed by atoms with Crippen LogP contribution in [0.4, 0.5) is 0 Å². The Kier molecular flexibility index (Phi) is 4.31. The second-order valence-electron chi connectivity index (χ2n) is 5.46. The highest BCUT2D eigenvalue weighted by atomic mass is 32.2. The molecule has 0 fully saturated rings. The van der Waals surface area contributed by atoms with Crippen LogP contribution in [0.3, 0.4) is 0 Å². The van der Waals surface area contributed by atoms with E-state index in [-0.39, 0.29) is 11.2 Å². The molecule has 4 nitrogen and oxygen atoms in total. The maximum atomic E-state index is 12.7. The van der Waals surface area contributed by atoms with E-state index in [1.165, 1.54) is 0 Å². The van der Waals surface area contributed by atoms with Crippen LogP contribution >= 0.6 is 11.8 Å². The van der Waals surface area contributed by atoms with Crippen LogP contribution in [0.15, 0.2) is 29.4 Å². The first-order valence-corrected chi connectivity index (χ1v) is 8.53. The van der Waals surface area contributed by atoms with Crippen LogP contribution in [0, 0.1) is 0 Å². The molecule has 21 heavy (non-hydrogen) atoms. The molecule has 1 aliphatic heterocycles. The molecule has 112 valence electrons. The van der Waals surface area contributed by atoms with E-state index in [1.54, 1.807) is 16.3 Å². The molecule has 0 saturated heterocycles. The molecular formula is C16H21N3OS. The van der Waals surface area contributed by atoms with Gasteiger partial charge in [-0.15, -0.1) is 0 Å². The lowest BCUT2D eigenvalue weighted by atomic mass is 10.3. The molecule has 1 unspecified atom stereocenters. The molecule has 0 saturated carbocycles. The predicted octanol–water partition coefficient (Wildman–Crippen LogP) is 3.27. The lowest BCUT2D eigenvalue weighted by Crippen LogP contribution is -2.35. The zero-order valence-corrected chi connectivity index (χ0v) is 13.4. The van der Waals surface area contributed by atoms with Crippen LogP contribution in [0.5, 0.6) is 0 Å². The van der Waals surface area contributed by atoms with Gasteiger partial charge < -0.3 is 4.90 Å². The van der Waals surface area contributed by atoms with Crippen LogP contribution in [0.25, 0.3) is 11.0 Å². The van der Waals surface area contributed by atoms with Crippen molar-refractivity contribution in [3.05, 3.63) is 24.3 Å². The van der Waals surface area contributed by atoms with E-state index in [9.17, 15) is 4.79 Å². The number of fused-ring (bicyclic) bond motifs is 3. The Morgan fingerprint density at radius 1 is 1.24 bits per heavy atom. The van der Waals surface area contributed by atoms with Gasteiger partial charge in [0.05, 0.1) is 11.0 Å². The van der Waals surface area contributed by atoms with Crippen LogP contribution < -0.4 is 0 Å². The number of thioether (sulfide) groups is 1. The number of rotatable bonds is 6. The maximum absolute atomic E-state index is 12.7. The van der Waals surface area contributed by atoms with Gasteiger partial charge in [0.25, 0.3) is 0 Å². The maximum Gasteiger partial charge on any atom is 0.248 e. The molecule has 2 aromatic rings. The fourth-order valence-corrected chi connectivity index (χ4v) is 4.09. The summed E-state index contributed by atoms with van der Waals surface area (Å²) < 4.78 is 1.79. The van der Waals surface area contributed by atoms with E-state index in [0.29, 0.717) is 0 Å². The van der Waals surface area contributed by atoms with Crippen LogP contribution in [0.1, 0.15) is 31.5 Å². The fraction of sp³-hybridized carbons (Fsp3) is 0.500. The summed E-state index contributed by atoms with van der Waals surface area (Å²) in [5.74, 6) is 0.181. The number of hydrogen-bond donors (Lipinski definition) is 0. The minimum absolute atomic E-state index is 0.0183. The van der Waals surface area contributed by atoms with Crippen LogP contribution in [-0.2, 0) is 0 Å². The molecule has 1 atom stereocenters. The third-order valence-corrected chi connectivity index (χ3v) is 4.90. The number of benzene rings is 1. The Labute approximate surface area is 129 Å². The second-order valence-corrected chi connectivity index (χ2v) is 6.63. The average Bonchev–Trinajstić information content (AvgIpc) is 2.97. The molecule has 0 amide bonds. The van der Waals surface area contributed by atoms with E-state index in [4.69, 9.17) is 0 Å². The van der Waals surface area contributed by atoms with Gasteiger partial charge in [0.1, 0.15) is 5.25 Å². The van der Waals surface area contributed by atoms with Crippen molar-refractivity contribution < 1.29 is 4.79 Å². The molecule has 0 aliphatic carbocycles. The number of aromatic nitrogens is 2. The summed E-state index contributed by atoms with van der Waals surface area (Å²) in [6, 6.07) is 7.86. The lowest BCUT2D eigenvalue weighted by Gasteiger charge is -2.23. The summed E-state index contributed by atoms with van der Waals surface area (Å²) in [5, 5.41) is 0.828. The summed E-state index contributed by atoms with van der Waals surface area (Å²) in [6.07, 6.45) is 2.25. The number of nitrogens with zero attached hydrogens (tertiary/aromatic N) is 3. The van der Waals surface area contributed by atoms with Crippen LogP contribution in [-0.4, -0.2) is 45.2 Å². The number of hydrogen-bond acceptors (Lipinski definition) is 4. The standard InChI is InChI=1S/C16H21N3OS/c1-3-9-18(10-4-2)11-14-15(20)19-13-8-6-5-7-12(13)17-16(19)21-14/h5-8,14H,3-4,9-11H2,1-2H3. The SMILES string of the molecule is CCCN(CCC)CC1Sc2nc3ccccc3n2C1=O. The monoisotopic (exact) mass is 303 g/mol. The number of carbonyl (C=O) groups is 1. The quantitative estimate of drug-likeness (QED) is 0.821. The van der Waals surface area contributed by atoms with Crippen molar-refractivity contribution in [1.82, 2.24) is 14.5 Å². The van der Waals surface area contributed by atoms with Gasteiger partial charge in [-0.3, -0.25) is 9.36 Å². The highest BCUT2D eigenvalue weighted by Crippen LogP contribution is 2.35. The minimum atomic E-state index is -0.0183. The van der Waals surface area contributed by atoms with E-state index >= 15 is 0 Å². The highest BCUT2D eigenvalue weighted by Gasteiger charge is 2.35. The van der Waals surface area contributed by atoms with Gasteiger partial charge in [-0.2, -0.15) is 0 Å². The van der Waals surface area contributed by atoms with Crippen molar-refractivity contribution >= 4 is 28.7 Å². The lowest BCUT2D eigenvalue weighted by molar-refractivity contribution is 0.0897. The third-order valence-electron chi connectivity index (χ3n) is 3.78.